The molecule has 0 saturated carbocycles. The SMILES string of the molecule is COc1ccc(C)c(C2CCc3c(cnn(-c4ccccn4)c3=O)C2)c1. The highest BCUT2D eigenvalue weighted by atomic mass is 16.5. The number of benzene rings is 1. The zero-order valence-corrected chi connectivity index (χ0v) is 15.0. The molecular formula is C21H21N3O2. The Labute approximate surface area is 152 Å². The van der Waals surface area contributed by atoms with Gasteiger partial charge in [0.25, 0.3) is 5.56 Å². The molecule has 1 atom stereocenters. The zero-order valence-electron chi connectivity index (χ0n) is 15.0. The van der Waals surface area contributed by atoms with Gasteiger partial charge in [-0.05, 0) is 73.1 Å². The van der Waals surface area contributed by atoms with Crippen molar-refractivity contribution in [3.63, 3.8) is 0 Å². The maximum absolute atomic E-state index is 12.9. The third kappa shape index (κ3) is 2.90. The lowest BCUT2D eigenvalue weighted by Crippen LogP contribution is -2.30. The molecule has 0 fully saturated rings. The molecule has 2 heterocycles. The van der Waals surface area contributed by atoms with Crippen molar-refractivity contribution in [1.29, 1.82) is 0 Å². The van der Waals surface area contributed by atoms with Gasteiger partial charge in [0.15, 0.2) is 5.82 Å². The van der Waals surface area contributed by atoms with E-state index in [4.69, 9.17) is 4.74 Å². The van der Waals surface area contributed by atoms with Crippen molar-refractivity contribution in [3.8, 4) is 11.6 Å². The van der Waals surface area contributed by atoms with Gasteiger partial charge in [-0.25, -0.2) is 4.98 Å². The first-order valence-electron chi connectivity index (χ1n) is 8.83. The van der Waals surface area contributed by atoms with Gasteiger partial charge in [-0.3, -0.25) is 4.79 Å². The van der Waals surface area contributed by atoms with Gasteiger partial charge in [-0.1, -0.05) is 12.1 Å². The molecule has 0 saturated heterocycles. The van der Waals surface area contributed by atoms with E-state index in [1.54, 1.807) is 19.4 Å². The number of nitrogens with zero attached hydrogens (tertiary/aromatic N) is 3. The van der Waals surface area contributed by atoms with Gasteiger partial charge in [0.1, 0.15) is 5.75 Å². The summed E-state index contributed by atoms with van der Waals surface area (Å²) in [6.45, 7) is 2.13. The van der Waals surface area contributed by atoms with Crippen LogP contribution >= 0.6 is 0 Å². The number of aromatic nitrogens is 3. The number of aryl methyl sites for hydroxylation is 1. The summed E-state index contributed by atoms with van der Waals surface area (Å²) < 4.78 is 6.78. The molecule has 0 bridgehead atoms. The minimum absolute atomic E-state index is 0.0537. The monoisotopic (exact) mass is 347 g/mol. The molecule has 0 radical (unpaired) electrons. The fraction of sp³-hybridized carbons (Fsp3) is 0.286. The van der Waals surface area contributed by atoms with E-state index in [0.29, 0.717) is 11.7 Å². The van der Waals surface area contributed by atoms with Gasteiger partial charge in [-0.2, -0.15) is 9.78 Å². The van der Waals surface area contributed by atoms with Crippen molar-refractivity contribution in [1.82, 2.24) is 14.8 Å². The predicted molar refractivity (Wildman–Crippen MR) is 100 cm³/mol. The summed E-state index contributed by atoms with van der Waals surface area (Å²) in [5.41, 5.74) is 4.41. The van der Waals surface area contributed by atoms with Crippen LogP contribution in [0.3, 0.4) is 0 Å². The molecule has 5 heteroatoms. The van der Waals surface area contributed by atoms with E-state index in [-0.39, 0.29) is 5.56 Å². The number of hydrogen-bond acceptors (Lipinski definition) is 4. The van der Waals surface area contributed by atoms with Crippen LogP contribution in [0.5, 0.6) is 5.75 Å². The number of rotatable bonds is 3. The Morgan fingerprint density at radius 3 is 2.88 bits per heavy atom. The first kappa shape index (κ1) is 16.5. The van der Waals surface area contributed by atoms with Crippen LogP contribution in [-0.2, 0) is 12.8 Å². The minimum atomic E-state index is -0.0537. The highest BCUT2D eigenvalue weighted by Crippen LogP contribution is 2.34. The Morgan fingerprint density at radius 1 is 1.23 bits per heavy atom. The minimum Gasteiger partial charge on any atom is -0.497 e. The molecule has 4 rings (SSSR count). The van der Waals surface area contributed by atoms with Crippen molar-refractivity contribution in [2.24, 2.45) is 0 Å². The number of pyridine rings is 1. The van der Waals surface area contributed by atoms with Gasteiger partial charge < -0.3 is 4.74 Å². The third-order valence-electron chi connectivity index (χ3n) is 5.17. The third-order valence-corrected chi connectivity index (χ3v) is 5.17. The lowest BCUT2D eigenvalue weighted by molar-refractivity contribution is 0.413. The summed E-state index contributed by atoms with van der Waals surface area (Å²) in [4.78, 5) is 17.1. The van der Waals surface area contributed by atoms with E-state index in [1.807, 2.05) is 24.4 Å². The molecule has 2 aromatic heterocycles. The molecule has 0 amide bonds. The standard InChI is InChI=1S/C21H21N3O2/c1-14-6-8-17(26-2)12-19(14)15-7-9-18-16(11-15)13-23-24(21(18)25)20-5-3-4-10-22-20/h3-6,8,10,12-13,15H,7,9,11H2,1-2H3. The van der Waals surface area contributed by atoms with Gasteiger partial charge in [-0.15, -0.1) is 0 Å². The summed E-state index contributed by atoms with van der Waals surface area (Å²) in [5.74, 6) is 1.82. The van der Waals surface area contributed by atoms with Crippen LogP contribution in [0.15, 0.2) is 53.6 Å². The first-order valence-corrected chi connectivity index (χ1v) is 8.83. The molecule has 5 nitrogen and oxygen atoms in total. The Bertz CT molecular complexity index is 996. The van der Waals surface area contributed by atoms with Gasteiger partial charge >= 0.3 is 0 Å². The topological polar surface area (TPSA) is 57.0 Å². The summed E-state index contributed by atoms with van der Waals surface area (Å²) in [5, 5.41) is 4.36. The molecule has 0 aliphatic heterocycles. The van der Waals surface area contributed by atoms with E-state index in [1.165, 1.54) is 15.8 Å². The number of fused-ring (bicyclic) bond motifs is 1. The van der Waals surface area contributed by atoms with Crippen LogP contribution in [0.1, 0.15) is 34.6 Å². The second-order valence-electron chi connectivity index (χ2n) is 6.72. The van der Waals surface area contributed by atoms with Crippen molar-refractivity contribution in [2.75, 3.05) is 7.11 Å². The lowest BCUT2D eigenvalue weighted by atomic mass is 9.80. The second kappa shape index (κ2) is 6.75. The Morgan fingerprint density at radius 2 is 2.12 bits per heavy atom. The first-order chi connectivity index (χ1) is 12.7. The zero-order chi connectivity index (χ0) is 18.1. The molecule has 26 heavy (non-hydrogen) atoms. The van der Waals surface area contributed by atoms with Crippen molar-refractivity contribution in [2.45, 2.75) is 32.1 Å². The molecular weight excluding hydrogens is 326 g/mol. The molecule has 0 spiro atoms. The molecule has 3 aromatic rings. The second-order valence-corrected chi connectivity index (χ2v) is 6.72. The van der Waals surface area contributed by atoms with Gasteiger partial charge in [0.2, 0.25) is 0 Å². The summed E-state index contributed by atoms with van der Waals surface area (Å²) in [7, 11) is 1.69. The highest BCUT2D eigenvalue weighted by Gasteiger charge is 2.25. The summed E-state index contributed by atoms with van der Waals surface area (Å²) in [6.07, 6.45) is 6.03. The molecule has 1 unspecified atom stereocenters. The quantitative estimate of drug-likeness (QED) is 0.730. The van der Waals surface area contributed by atoms with Crippen LogP contribution < -0.4 is 10.3 Å². The van der Waals surface area contributed by atoms with Crippen LogP contribution in [0, 0.1) is 6.92 Å². The van der Waals surface area contributed by atoms with Crippen LogP contribution in [0.25, 0.3) is 5.82 Å². The highest BCUT2D eigenvalue weighted by molar-refractivity contribution is 5.40. The Kier molecular flexibility index (Phi) is 4.29. The summed E-state index contributed by atoms with van der Waals surface area (Å²) >= 11 is 0. The molecule has 0 N–H and O–H groups in total. The van der Waals surface area contributed by atoms with E-state index in [0.717, 1.165) is 36.1 Å². The number of hydrogen-bond donors (Lipinski definition) is 0. The smallest absolute Gasteiger partial charge is 0.276 e. The maximum Gasteiger partial charge on any atom is 0.276 e. The largest absolute Gasteiger partial charge is 0.497 e. The van der Waals surface area contributed by atoms with Gasteiger partial charge in [0, 0.05) is 11.8 Å². The predicted octanol–water partition coefficient (Wildman–Crippen LogP) is 3.22. The van der Waals surface area contributed by atoms with Crippen molar-refractivity contribution >= 4 is 0 Å². The molecule has 1 aromatic carbocycles. The fourth-order valence-electron chi connectivity index (χ4n) is 3.75. The lowest BCUT2D eigenvalue weighted by Gasteiger charge is -2.26. The Balaban J connectivity index is 1.69. The van der Waals surface area contributed by atoms with Crippen LogP contribution in [-0.4, -0.2) is 21.9 Å². The van der Waals surface area contributed by atoms with Crippen LogP contribution in [0.2, 0.25) is 0 Å². The average molecular weight is 347 g/mol. The number of ether oxygens (including phenoxy) is 1. The maximum atomic E-state index is 12.9. The van der Waals surface area contributed by atoms with E-state index < -0.39 is 0 Å². The van der Waals surface area contributed by atoms with Crippen molar-refractivity contribution < 1.29 is 4.74 Å². The fourth-order valence-corrected chi connectivity index (χ4v) is 3.75. The molecule has 1 aliphatic rings. The van der Waals surface area contributed by atoms with E-state index in [9.17, 15) is 4.79 Å². The van der Waals surface area contributed by atoms with Crippen molar-refractivity contribution in [3.05, 3.63) is 81.4 Å². The number of methoxy groups -OCH3 is 1. The normalized spacial score (nSPS) is 16.2. The molecule has 1 aliphatic carbocycles. The van der Waals surface area contributed by atoms with Crippen LogP contribution in [0.4, 0.5) is 0 Å². The van der Waals surface area contributed by atoms with E-state index >= 15 is 0 Å². The van der Waals surface area contributed by atoms with Gasteiger partial charge in [0.05, 0.1) is 13.3 Å². The average Bonchev–Trinajstić information content (AvgIpc) is 2.69. The molecule has 132 valence electrons. The van der Waals surface area contributed by atoms with E-state index in [2.05, 4.69) is 29.1 Å². The Hall–Kier alpha value is -2.95. The summed E-state index contributed by atoms with van der Waals surface area (Å²) in [6, 6.07) is 11.7.